The lowest BCUT2D eigenvalue weighted by Crippen LogP contribution is -3.09. The third kappa shape index (κ3) is 23.5. The second-order valence-electron chi connectivity index (χ2n) is 9.90. The number of hydrogen-bond acceptors (Lipinski definition) is 2. The summed E-state index contributed by atoms with van der Waals surface area (Å²) in [5.41, 5.74) is 1.30. The van der Waals surface area contributed by atoms with Crippen molar-refractivity contribution in [1.82, 2.24) is 0 Å². The van der Waals surface area contributed by atoms with Crippen molar-refractivity contribution >= 4 is 0 Å². The Bertz CT molecular complexity index is 839. The van der Waals surface area contributed by atoms with Crippen LogP contribution in [-0.4, -0.2) is 46.9 Å². The number of terminal acetylenes is 4. The van der Waals surface area contributed by atoms with E-state index in [2.05, 4.69) is 75.9 Å². The van der Waals surface area contributed by atoms with Gasteiger partial charge < -0.3 is 19.7 Å². The maximum absolute atomic E-state index is 5.73. The van der Waals surface area contributed by atoms with Gasteiger partial charge in [-0.1, -0.05) is 87.1 Å². The third-order valence-corrected chi connectivity index (χ3v) is 7.00. The minimum Gasteiger partial charge on any atom is -0.493 e. The summed E-state index contributed by atoms with van der Waals surface area (Å²) < 4.78 is 11.1. The topological polar surface area (TPSA) is 39.5 Å². The van der Waals surface area contributed by atoms with Crippen LogP contribution in [0.15, 0.2) is 54.6 Å². The SMILES string of the molecule is C#C.C#C.C#C.C#C.C1CCCCC1.CCOc1c(OC)cccc1[C@H]1CC[NH2+]C1.C[NH+]1CCCCC1.c1ccccc1. The molecular formula is C39H60N2O2+2. The molecule has 3 N–H and O–H groups in total. The van der Waals surface area contributed by atoms with Crippen molar-refractivity contribution in [3.05, 3.63) is 60.2 Å². The molecule has 2 heterocycles. The summed E-state index contributed by atoms with van der Waals surface area (Å²) in [5, 5.41) is 2.36. The lowest BCUT2D eigenvalue weighted by Gasteiger charge is -2.17. The molecule has 2 aromatic carbocycles. The number of rotatable bonds is 4. The van der Waals surface area contributed by atoms with E-state index >= 15 is 0 Å². The average molecular weight is 589 g/mol. The smallest absolute Gasteiger partial charge is 0.164 e. The number of para-hydroxylation sites is 1. The summed E-state index contributed by atoms with van der Waals surface area (Å²) >= 11 is 0. The zero-order chi connectivity index (χ0) is 33.0. The average Bonchev–Trinajstić information content (AvgIpc) is 3.67. The van der Waals surface area contributed by atoms with Gasteiger partial charge in [-0.2, -0.15) is 0 Å². The van der Waals surface area contributed by atoms with E-state index in [0.29, 0.717) is 12.5 Å². The van der Waals surface area contributed by atoms with Crippen LogP contribution < -0.4 is 19.7 Å². The summed E-state index contributed by atoms with van der Waals surface area (Å²) in [6, 6.07) is 18.2. The number of nitrogens with one attached hydrogen (secondary N) is 1. The largest absolute Gasteiger partial charge is 0.493 e. The van der Waals surface area contributed by atoms with Gasteiger partial charge >= 0.3 is 0 Å². The van der Waals surface area contributed by atoms with Gasteiger partial charge in [0, 0.05) is 17.9 Å². The summed E-state index contributed by atoms with van der Waals surface area (Å²) in [7, 11) is 3.97. The number of quaternary nitrogens is 2. The van der Waals surface area contributed by atoms with Gasteiger partial charge in [0.15, 0.2) is 11.5 Å². The molecule has 2 aromatic rings. The van der Waals surface area contributed by atoms with Crippen molar-refractivity contribution < 1.29 is 19.7 Å². The minimum absolute atomic E-state index is 0.608. The molecule has 4 heteroatoms. The van der Waals surface area contributed by atoms with Gasteiger partial charge in [-0.15, -0.1) is 51.4 Å². The molecule has 1 aliphatic carbocycles. The zero-order valence-electron chi connectivity index (χ0n) is 27.4. The highest BCUT2D eigenvalue weighted by Crippen LogP contribution is 2.36. The lowest BCUT2D eigenvalue weighted by molar-refractivity contribution is -0.884. The first kappa shape index (κ1) is 43.7. The van der Waals surface area contributed by atoms with E-state index in [9.17, 15) is 0 Å². The molecule has 43 heavy (non-hydrogen) atoms. The van der Waals surface area contributed by atoms with E-state index in [4.69, 9.17) is 9.47 Å². The monoisotopic (exact) mass is 588 g/mol. The zero-order valence-corrected chi connectivity index (χ0v) is 27.4. The number of likely N-dealkylation sites (tertiary alicyclic amines) is 1. The van der Waals surface area contributed by atoms with Gasteiger partial charge in [-0.3, -0.25) is 0 Å². The minimum atomic E-state index is 0.608. The first-order valence-corrected chi connectivity index (χ1v) is 15.5. The van der Waals surface area contributed by atoms with E-state index in [1.165, 1.54) is 89.4 Å². The fourth-order valence-corrected chi connectivity index (χ4v) is 4.95. The fourth-order valence-electron chi connectivity index (χ4n) is 4.95. The second kappa shape index (κ2) is 36.2. The first-order chi connectivity index (χ1) is 21.3. The molecular weight excluding hydrogens is 528 g/mol. The lowest BCUT2D eigenvalue weighted by atomic mass is 9.97. The van der Waals surface area contributed by atoms with Crippen molar-refractivity contribution in [2.75, 3.05) is 46.9 Å². The molecule has 1 saturated carbocycles. The standard InChI is InChI=1S/C13H19NO2.C6H13N.C6H12.C6H6.4C2H2/c1-3-16-13-11(10-7-8-14-9-10)5-4-6-12(13)15-2;1-7-5-3-2-4-6-7;2*1-2-4-6-5-3-1;4*1-2/h4-6,10,14H,3,7-9H2,1-2H3;2-6H2,1H3;1-6H2;1-6H;4*1-2H/p+2/t10-;;;;;;;/m0......./s1. The fraction of sp³-hybridized carbons (Fsp3) is 0.487. The van der Waals surface area contributed by atoms with Crippen LogP contribution in [-0.2, 0) is 0 Å². The van der Waals surface area contributed by atoms with Crippen LogP contribution in [0.2, 0.25) is 0 Å². The van der Waals surface area contributed by atoms with E-state index < -0.39 is 0 Å². The van der Waals surface area contributed by atoms with Crippen molar-refractivity contribution in [3.8, 4) is 62.9 Å². The van der Waals surface area contributed by atoms with Crippen LogP contribution in [0, 0.1) is 51.4 Å². The number of methoxy groups -OCH3 is 1. The van der Waals surface area contributed by atoms with Crippen LogP contribution in [0.5, 0.6) is 11.5 Å². The van der Waals surface area contributed by atoms with Gasteiger partial charge in [-0.05, 0) is 32.3 Å². The number of hydrogen-bond donors (Lipinski definition) is 2. The second-order valence-corrected chi connectivity index (χ2v) is 9.90. The third-order valence-electron chi connectivity index (χ3n) is 7.00. The highest BCUT2D eigenvalue weighted by molar-refractivity contribution is 5.48. The van der Waals surface area contributed by atoms with Crippen molar-refractivity contribution in [2.45, 2.75) is 77.0 Å². The number of ether oxygens (including phenoxy) is 2. The van der Waals surface area contributed by atoms with Crippen LogP contribution >= 0.6 is 0 Å². The normalized spacial score (nSPS) is 16.1. The van der Waals surface area contributed by atoms with Crippen molar-refractivity contribution in [3.63, 3.8) is 0 Å². The van der Waals surface area contributed by atoms with Gasteiger partial charge in [0.1, 0.15) is 0 Å². The Balaban J connectivity index is -0.000000498. The van der Waals surface area contributed by atoms with E-state index in [0.717, 1.165) is 18.0 Å². The van der Waals surface area contributed by atoms with Gasteiger partial charge in [0.25, 0.3) is 0 Å². The molecule has 236 valence electrons. The molecule has 3 aliphatic rings. The Hall–Kier alpha value is -3.80. The summed E-state index contributed by atoms with van der Waals surface area (Å²) in [6.07, 6.45) is 46.6. The Morgan fingerprint density at radius 2 is 1.14 bits per heavy atom. The molecule has 2 aliphatic heterocycles. The van der Waals surface area contributed by atoms with Crippen LogP contribution in [0.4, 0.5) is 0 Å². The van der Waals surface area contributed by atoms with Crippen molar-refractivity contribution in [2.24, 2.45) is 0 Å². The van der Waals surface area contributed by atoms with Gasteiger partial charge in [0.2, 0.25) is 0 Å². The molecule has 2 saturated heterocycles. The van der Waals surface area contributed by atoms with E-state index in [-0.39, 0.29) is 0 Å². The molecule has 5 rings (SSSR count). The highest BCUT2D eigenvalue weighted by atomic mass is 16.5. The molecule has 0 amide bonds. The molecule has 1 atom stereocenters. The van der Waals surface area contributed by atoms with Crippen LogP contribution in [0.1, 0.15) is 82.6 Å². The molecule has 0 spiro atoms. The van der Waals surface area contributed by atoms with Gasteiger partial charge in [-0.25, -0.2) is 0 Å². The van der Waals surface area contributed by atoms with Gasteiger partial charge in [0.05, 0.1) is 46.9 Å². The molecule has 0 aromatic heterocycles. The Kier molecular flexibility index (Phi) is 36.8. The van der Waals surface area contributed by atoms with Crippen LogP contribution in [0.25, 0.3) is 0 Å². The summed E-state index contributed by atoms with van der Waals surface area (Å²) in [6.45, 7) is 7.88. The Morgan fingerprint density at radius 1 is 0.698 bits per heavy atom. The maximum Gasteiger partial charge on any atom is 0.164 e. The summed E-state index contributed by atoms with van der Waals surface area (Å²) in [4.78, 5) is 1.71. The molecule has 0 unspecified atom stereocenters. The highest BCUT2D eigenvalue weighted by Gasteiger charge is 2.25. The first-order valence-electron chi connectivity index (χ1n) is 15.5. The maximum atomic E-state index is 5.73. The van der Waals surface area contributed by atoms with Crippen LogP contribution in [0.3, 0.4) is 0 Å². The quantitative estimate of drug-likeness (QED) is 0.440. The molecule has 0 bridgehead atoms. The molecule has 0 radical (unpaired) electrons. The predicted octanol–water partition coefficient (Wildman–Crippen LogP) is 5.85. The molecule has 4 nitrogen and oxygen atoms in total. The number of nitrogens with two attached hydrogens (primary N) is 1. The molecule has 3 fully saturated rings. The Labute approximate surface area is 266 Å². The predicted molar refractivity (Wildman–Crippen MR) is 187 cm³/mol. The van der Waals surface area contributed by atoms with E-state index in [1.54, 1.807) is 12.0 Å². The number of benzene rings is 2. The summed E-state index contributed by atoms with van der Waals surface area (Å²) in [5.74, 6) is 2.40. The number of piperidine rings is 1. The van der Waals surface area contributed by atoms with E-state index in [1.807, 2.05) is 49.4 Å². The van der Waals surface area contributed by atoms with Crippen molar-refractivity contribution in [1.29, 1.82) is 0 Å². The Morgan fingerprint density at radius 3 is 1.47 bits per heavy atom.